The number of esters is 1. The van der Waals surface area contributed by atoms with Crippen molar-refractivity contribution < 1.29 is 23.8 Å². The van der Waals surface area contributed by atoms with Gasteiger partial charge in [0.2, 0.25) is 0 Å². The number of nitrogens with one attached hydrogen (secondary N) is 2. The predicted octanol–water partition coefficient (Wildman–Crippen LogP) is 4.49. The van der Waals surface area contributed by atoms with Crippen LogP contribution in [0.1, 0.15) is 44.9 Å². The molecule has 0 saturated carbocycles. The molecule has 2 aromatic carbocycles. The van der Waals surface area contributed by atoms with Gasteiger partial charge in [-0.25, -0.2) is 9.59 Å². The summed E-state index contributed by atoms with van der Waals surface area (Å²) < 4.78 is 17.0. The Morgan fingerprint density at radius 3 is 2.38 bits per heavy atom. The van der Waals surface area contributed by atoms with Crippen LogP contribution >= 0.6 is 0 Å². The predicted molar refractivity (Wildman–Crippen MR) is 121 cm³/mol. The second-order valence-electron chi connectivity index (χ2n) is 8.15. The number of benzene rings is 2. The highest BCUT2D eigenvalue weighted by Crippen LogP contribution is 2.36. The SMILES string of the molecule is COc1ccc(C2NC(=O)NC(C(C)C)=C2C(=O)OC(C)C)cc1OCc1ccccc1. The molecule has 0 fully saturated rings. The highest BCUT2D eigenvalue weighted by Gasteiger charge is 2.35. The molecule has 0 aliphatic carbocycles. The monoisotopic (exact) mass is 438 g/mol. The second-order valence-corrected chi connectivity index (χ2v) is 8.15. The molecule has 170 valence electrons. The van der Waals surface area contributed by atoms with Gasteiger partial charge in [-0.05, 0) is 43.0 Å². The number of amides is 2. The number of carbonyl (C=O) groups is 2. The second kappa shape index (κ2) is 10.2. The lowest BCUT2D eigenvalue weighted by atomic mass is 9.91. The molecule has 0 radical (unpaired) electrons. The smallest absolute Gasteiger partial charge is 0.338 e. The molecule has 0 aromatic heterocycles. The van der Waals surface area contributed by atoms with Gasteiger partial charge in [0.15, 0.2) is 11.5 Å². The Labute approximate surface area is 188 Å². The van der Waals surface area contributed by atoms with Crippen LogP contribution < -0.4 is 20.1 Å². The van der Waals surface area contributed by atoms with Crippen LogP contribution in [0.25, 0.3) is 0 Å². The third kappa shape index (κ3) is 5.41. The number of rotatable bonds is 8. The third-order valence-electron chi connectivity index (χ3n) is 5.00. The standard InChI is InChI=1S/C25H30N2O5/c1-15(2)22-21(24(28)32-16(3)4)23(27-25(29)26-22)18-11-12-19(30-5)20(13-18)31-14-17-9-7-6-8-10-17/h6-13,15-16,23H,14H2,1-5H3,(H2,26,27,29). The molecule has 2 N–H and O–H groups in total. The molecule has 1 aliphatic rings. The van der Waals surface area contributed by atoms with Crippen LogP contribution in [0.3, 0.4) is 0 Å². The molecule has 2 amide bonds. The van der Waals surface area contributed by atoms with Crippen LogP contribution in [0, 0.1) is 5.92 Å². The Balaban J connectivity index is 2.00. The highest BCUT2D eigenvalue weighted by atomic mass is 16.5. The number of ether oxygens (including phenoxy) is 3. The van der Waals surface area contributed by atoms with Gasteiger partial charge >= 0.3 is 12.0 Å². The molecule has 0 spiro atoms. The number of hydrogen-bond donors (Lipinski definition) is 2. The van der Waals surface area contributed by atoms with Gasteiger partial charge in [0.25, 0.3) is 0 Å². The molecular formula is C25H30N2O5. The maximum atomic E-state index is 13.0. The Morgan fingerprint density at radius 1 is 1.03 bits per heavy atom. The molecule has 0 bridgehead atoms. The van der Waals surface area contributed by atoms with Crippen molar-refractivity contribution in [1.82, 2.24) is 10.6 Å². The lowest BCUT2D eigenvalue weighted by Gasteiger charge is -2.31. The minimum atomic E-state index is -0.683. The lowest BCUT2D eigenvalue weighted by molar-refractivity contribution is -0.143. The maximum absolute atomic E-state index is 13.0. The normalized spacial score (nSPS) is 16.0. The fourth-order valence-corrected chi connectivity index (χ4v) is 3.52. The number of methoxy groups -OCH3 is 1. The molecule has 7 heteroatoms. The van der Waals surface area contributed by atoms with Crippen LogP contribution in [0.5, 0.6) is 11.5 Å². The fourth-order valence-electron chi connectivity index (χ4n) is 3.52. The Morgan fingerprint density at radius 2 is 1.75 bits per heavy atom. The minimum Gasteiger partial charge on any atom is -0.493 e. The van der Waals surface area contributed by atoms with E-state index in [2.05, 4.69) is 10.6 Å². The van der Waals surface area contributed by atoms with E-state index in [1.54, 1.807) is 33.1 Å². The van der Waals surface area contributed by atoms with E-state index in [-0.39, 0.29) is 18.1 Å². The first-order valence-corrected chi connectivity index (χ1v) is 10.7. The van der Waals surface area contributed by atoms with Crippen LogP contribution in [0.4, 0.5) is 4.79 Å². The van der Waals surface area contributed by atoms with E-state index in [0.29, 0.717) is 34.9 Å². The van der Waals surface area contributed by atoms with Crippen molar-refractivity contribution in [1.29, 1.82) is 0 Å². The van der Waals surface area contributed by atoms with E-state index in [0.717, 1.165) is 5.56 Å². The largest absolute Gasteiger partial charge is 0.493 e. The summed E-state index contributed by atoms with van der Waals surface area (Å²) in [5.74, 6) is 0.530. The van der Waals surface area contributed by atoms with Gasteiger partial charge in [0, 0.05) is 5.70 Å². The van der Waals surface area contributed by atoms with E-state index < -0.39 is 12.0 Å². The number of urea groups is 1. The quantitative estimate of drug-likeness (QED) is 0.593. The van der Waals surface area contributed by atoms with Crippen molar-refractivity contribution in [2.45, 2.75) is 46.4 Å². The van der Waals surface area contributed by atoms with E-state index in [9.17, 15) is 9.59 Å². The summed E-state index contributed by atoms with van der Waals surface area (Å²) in [6.45, 7) is 7.78. The zero-order valence-electron chi connectivity index (χ0n) is 19.1. The summed E-state index contributed by atoms with van der Waals surface area (Å²) in [5, 5.41) is 5.63. The van der Waals surface area contributed by atoms with Gasteiger partial charge < -0.3 is 24.8 Å². The van der Waals surface area contributed by atoms with Crippen molar-refractivity contribution in [3.8, 4) is 11.5 Å². The van der Waals surface area contributed by atoms with E-state index >= 15 is 0 Å². The zero-order valence-corrected chi connectivity index (χ0v) is 19.1. The van der Waals surface area contributed by atoms with Crippen molar-refractivity contribution in [3.05, 3.63) is 70.9 Å². The molecule has 32 heavy (non-hydrogen) atoms. The fraction of sp³-hybridized carbons (Fsp3) is 0.360. The van der Waals surface area contributed by atoms with Crippen molar-refractivity contribution in [2.75, 3.05) is 7.11 Å². The van der Waals surface area contributed by atoms with E-state index in [4.69, 9.17) is 14.2 Å². The average molecular weight is 439 g/mol. The van der Waals surface area contributed by atoms with Gasteiger partial charge in [-0.15, -0.1) is 0 Å². The van der Waals surface area contributed by atoms with Crippen molar-refractivity contribution in [2.24, 2.45) is 5.92 Å². The first-order chi connectivity index (χ1) is 15.3. The molecule has 3 rings (SSSR count). The molecule has 1 heterocycles. The highest BCUT2D eigenvalue weighted by molar-refractivity contribution is 5.95. The van der Waals surface area contributed by atoms with Crippen molar-refractivity contribution in [3.63, 3.8) is 0 Å². The number of hydrogen-bond acceptors (Lipinski definition) is 5. The Bertz CT molecular complexity index is 999. The molecule has 1 aliphatic heterocycles. The molecule has 1 unspecified atom stereocenters. The first kappa shape index (κ1) is 23.2. The number of allylic oxidation sites excluding steroid dienone is 1. The first-order valence-electron chi connectivity index (χ1n) is 10.7. The summed E-state index contributed by atoms with van der Waals surface area (Å²) in [6, 6.07) is 14.1. The summed E-state index contributed by atoms with van der Waals surface area (Å²) in [6.07, 6.45) is -0.290. The third-order valence-corrected chi connectivity index (χ3v) is 5.00. The summed E-state index contributed by atoms with van der Waals surface area (Å²) in [4.78, 5) is 25.4. The van der Waals surface area contributed by atoms with Crippen LogP contribution in [-0.4, -0.2) is 25.2 Å². The van der Waals surface area contributed by atoms with Gasteiger partial charge in [0.05, 0.1) is 24.8 Å². The molecule has 2 aromatic rings. The summed E-state index contributed by atoms with van der Waals surface area (Å²) >= 11 is 0. The average Bonchev–Trinajstić information content (AvgIpc) is 2.77. The molecular weight excluding hydrogens is 408 g/mol. The van der Waals surface area contributed by atoms with Gasteiger partial charge in [-0.2, -0.15) is 0 Å². The molecule has 7 nitrogen and oxygen atoms in total. The van der Waals surface area contributed by atoms with E-state index in [1.807, 2.05) is 50.2 Å². The summed E-state index contributed by atoms with van der Waals surface area (Å²) in [7, 11) is 1.57. The molecule has 1 atom stereocenters. The minimum absolute atomic E-state index is 0.0784. The van der Waals surface area contributed by atoms with Crippen molar-refractivity contribution >= 4 is 12.0 Å². The zero-order chi connectivity index (χ0) is 23.3. The van der Waals surface area contributed by atoms with Crippen LogP contribution in [-0.2, 0) is 16.1 Å². The Hall–Kier alpha value is -3.48. The van der Waals surface area contributed by atoms with Gasteiger partial charge in [-0.1, -0.05) is 50.2 Å². The Kier molecular flexibility index (Phi) is 7.41. The molecule has 0 saturated heterocycles. The van der Waals surface area contributed by atoms with Crippen LogP contribution in [0.15, 0.2) is 59.8 Å². The van der Waals surface area contributed by atoms with Gasteiger partial charge in [0.1, 0.15) is 6.61 Å². The topological polar surface area (TPSA) is 85.9 Å². The van der Waals surface area contributed by atoms with E-state index in [1.165, 1.54) is 0 Å². The van der Waals surface area contributed by atoms with Crippen LogP contribution in [0.2, 0.25) is 0 Å². The maximum Gasteiger partial charge on any atom is 0.338 e. The summed E-state index contributed by atoms with van der Waals surface area (Å²) in [5.41, 5.74) is 2.63. The van der Waals surface area contributed by atoms with Gasteiger partial charge in [-0.3, -0.25) is 0 Å². The lowest BCUT2D eigenvalue weighted by Crippen LogP contribution is -2.47. The number of carbonyl (C=O) groups excluding carboxylic acids is 2.